The molecule has 0 atom stereocenters. The van der Waals surface area contributed by atoms with Crippen LogP contribution in [0, 0.1) is 29.5 Å². The number of nitrogens with zero attached hydrogens (tertiary/aromatic N) is 21. The first-order valence-corrected chi connectivity index (χ1v) is 47.3. The molecule has 135 heavy (non-hydrogen) atoms. The number of thiazole rings is 4. The molecule has 4 aliphatic carbocycles. The van der Waals surface area contributed by atoms with Gasteiger partial charge in [-0.05, 0) is 134 Å². The van der Waals surface area contributed by atoms with Crippen molar-refractivity contribution in [2.24, 2.45) is 0 Å². The number of phosphoric acid groups is 1. The Labute approximate surface area is 777 Å². The molecule has 0 unspecified atom stereocenters. The summed E-state index contributed by atoms with van der Waals surface area (Å²) in [6, 6.07) is 13.8. The standard InChI is InChI=1S/C23H24FN7O2S.C22H23FN7O6PS.C21H19F2N7O2S.C19H16FN7O2S/c1-2-33-16-7-5-15(6-8-16)31-12-18(21(30-31)20-17(24)4-3-9-25-20)28-22(32)19-13-34-23(29-19)14-10-26-27-11-14;1-2-35-15-6-14(7-15)30-10-17(20(28-30)16-4-3-5-19(23)25-16)26-21(31)18-11-38-22(27-18)13-8-24-29(9-13)12-36-37(32,33)34;1-2-32-13-5-12(6-13)30-9-15(19(29-30)18-14(22)3-4-17(23)28-18)26-20(31)16-10-33-21(27-16)11-7-24-25-8-11;20-16-3-1-2-13(23-16)17-14(8-27(26-17)11-4-12(28)5-11)24-18(29)15-9-30-19(25-15)10-6-21-22-7-10/h3-4,9-13,15-16H,2,5-8H2,1H3,(H,26,27)(H,28,32);3-5,8-11,14-15H,2,6-7,12H2,1H3,(H,26,31)(H2,32,33,34);3-4,7-10,12-13H,2,5-6H2,1H3,(H,24,25)(H,26,31);1-3,6-9,11-12,28H,4-5H2,(H,21,22)(H,24,29). The van der Waals surface area contributed by atoms with Crippen molar-refractivity contribution >= 4 is 99.5 Å². The smallest absolute Gasteiger partial charge is 0.393 e. The van der Waals surface area contributed by atoms with Crippen LogP contribution in [-0.4, -0.2) is 202 Å². The number of H-pyrrole nitrogens is 3. The second kappa shape index (κ2) is 41.8. The predicted molar refractivity (Wildman–Crippen MR) is 484 cm³/mol. The molecule has 0 radical (unpaired) electrons. The van der Waals surface area contributed by atoms with Crippen LogP contribution in [0.3, 0.4) is 0 Å². The number of aliphatic hydroxyl groups is 1. The summed E-state index contributed by atoms with van der Waals surface area (Å²) in [7, 11) is -4.64. The van der Waals surface area contributed by atoms with Crippen molar-refractivity contribution in [2.75, 3.05) is 41.1 Å². The van der Waals surface area contributed by atoms with Crippen LogP contribution in [0.15, 0.2) is 163 Å². The first-order chi connectivity index (χ1) is 65.4. The highest BCUT2D eigenvalue weighted by Gasteiger charge is 2.37. The van der Waals surface area contributed by atoms with Gasteiger partial charge in [0.15, 0.2) is 18.4 Å². The van der Waals surface area contributed by atoms with E-state index < -0.39 is 67.7 Å². The van der Waals surface area contributed by atoms with Crippen LogP contribution in [0.25, 0.3) is 87.8 Å². The molecule has 40 nitrogen and oxygen atoms in total. The molecule has 4 aliphatic rings. The highest BCUT2D eigenvalue weighted by atomic mass is 32.1. The lowest BCUT2D eigenvalue weighted by Crippen LogP contribution is -2.33. The van der Waals surface area contributed by atoms with E-state index in [1.165, 1.54) is 105 Å². The first-order valence-electron chi connectivity index (χ1n) is 42.2. The fourth-order valence-corrected chi connectivity index (χ4v) is 18.3. The maximum atomic E-state index is 14.6. The lowest BCUT2D eigenvalue weighted by molar-refractivity contribution is -0.0228. The summed E-state index contributed by atoms with van der Waals surface area (Å²) in [6.07, 6.45) is 29.2. The third-order valence-electron chi connectivity index (χ3n) is 21.9. The molecule has 0 aliphatic heterocycles. The Morgan fingerprint density at radius 3 is 1.24 bits per heavy atom. The second-order valence-electron chi connectivity index (χ2n) is 31.0. The van der Waals surface area contributed by atoms with Gasteiger partial charge in [-0.2, -0.15) is 54.0 Å². The minimum absolute atomic E-state index is 0.0185. The van der Waals surface area contributed by atoms with Crippen molar-refractivity contribution in [3.63, 3.8) is 0 Å². The molecule has 0 spiro atoms. The normalized spacial score (nSPS) is 17.8. The molecule has 16 aromatic rings. The summed E-state index contributed by atoms with van der Waals surface area (Å²) >= 11 is 5.16. The Morgan fingerprint density at radius 1 is 0.437 bits per heavy atom. The average Bonchev–Trinajstić information content (AvgIpc) is 1.65. The Kier molecular flexibility index (Phi) is 28.8. The number of aliphatic hydroxyl groups excluding tert-OH is 1. The molecule has 0 aromatic carbocycles. The van der Waals surface area contributed by atoms with Gasteiger partial charge in [0.2, 0.25) is 17.8 Å². The van der Waals surface area contributed by atoms with Gasteiger partial charge < -0.3 is 50.4 Å². The van der Waals surface area contributed by atoms with Crippen LogP contribution < -0.4 is 21.3 Å². The number of aromatic amines is 3. The first kappa shape index (κ1) is 93.1. The molecule has 4 amide bonds. The minimum atomic E-state index is -4.64. The second-order valence-corrected chi connectivity index (χ2v) is 35.7. The number of halogens is 5. The van der Waals surface area contributed by atoms with E-state index in [1.807, 2.05) is 25.5 Å². The van der Waals surface area contributed by atoms with Crippen LogP contribution in [-0.2, 0) is 30.0 Å². The van der Waals surface area contributed by atoms with Crippen molar-refractivity contribution in [3.05, 3.63) is 215 Å². The number of hydrogen-bond donors (Lipinski definition) is 10. The van der Waals surface area contributed by atoms with Crippen molar-refractivity contribution in [1.29, 1.82) is 0 Å². The summed E-state index contributed by atoms with van der Waals surface area (Å²) in [5, 5.41) is 71.8. The van der Waals surface area contributed by atoms with Crippen LogP contribution in [0.2, 0.25) is 0 Å². The molecule has 698 valence electrons. The van der Waals surface area contributed by atoms with Crippen LogP contribution in [0.1, 0.15) is 151 Å². The maximum absolute atomic E-state index is 14.6. The van der Waals surface area contributed by atoms with E-state index in [4.69, 9.17) is 24.0 Å². The van der Waals surface area contributed by atoms with Gasteiger partial charge in [0.05, 0.1) is 108 Å². The number of nitrogens with one attached hydrogen (secondary N) is 7. The molecule has 4 fully saturated rings. The molecular formula is C85H82F5N28O12PS4. The van der Waals surface area contributed by atoms with E-state index >= 15 is 0 Å². The van der Waals surface area contributed by atoms with Gasteiger partial charge in [-0.1, -0.05) is 12.1 Å². The fraction of sp³-hybridized carbons (Fsp3) is 0.294. The summed E-state index contributed by atoms with van der Waals surface area (Å²) in [5.74, 6) is -5.19. The number of carbonyl (C=O) groups is 4. The molecular weight excluding hydrogens is 1860 g/mol. The molecule has 20 rings (SSSR count). The van der Waals surface area contributed by atoms with E-state index in [9.17, 15) is 50.8 Å². The number of hydrogen-bond acceptors (Lipinski definition) is 30. The zero-order valence-corrected chi connectivity index (χ0v) is 75.6. The number of ether oxygens (including phenoxy) is 3. The van der Waals surface area contributed by atoms with Gasteiger partial charge in [0.25, 0.3) is 23.6 Å². The van der Waals surface area contributed by atoms with Crippen LogP contribution in [0.4, 0.5) is 44.7 Å². The lowest BCUT2D eigenvalue weighted by Gasteiger charge is -2.34. The summed E-state index contributed by atoms with van der Waals surface area (Å²) < 4.78 is 111. The third-order valence-corrected chi connectivity index (χ3v) is 25.9. The number of anilines is 4. The number of pyridine rings is 4. The molecule has 0 saturated heterocycles. The monoisotopic (exact) mass is 1940 g/mol. The quantitative estimate of drug-likeness (QED) is 0.0118. The van der Waals surface area contributed by atoms with E-state index in [-0.39, 0.29) is 99.8 Å². The number of phosphoric ester groups is 1. The minimum Gasteiger partial charge on any atom is -0.393 e. The van der Waals surface area contributed by atoms with E-state index in [0.29, 0.717) is 98.1 Å². The van der Waals surface area contributed by atoms with Crippen LogP contribution in [0.5, 0.6) is 0 Å². The van der Waals surface area contributed by atoms with E-state index in [0.717, 1.165) is 80.2 Å². The average molecular weight is 1940 g/mol. The zero-order valence-electron chi connectivity index (χ0n) is 71.5. The number of aromatic nitrogens is 24. The number of amides is 4. The Bertz CT molecular complexity index is 6850. The molecule has 4 saturated carbocycles. The fourth-order valence-electron chi connectivity index (χ4n) is 14.9. The molecule has 50 heteroatoms. The van der Waals surface area contributed by atoms with Crippen molar-refractivity contribution < 1.29 is 79.3 Å². The van der Waals surface area contributed by atoms with E-state index in [2.05, 4.69) is 122 Å². The topological polar surface area (TPSA) is 509 Å². The largest absolute Gasteiger partial charge is 0.471 e. The molecule has 0 bridgehead atoms. The van der Waals surface area contributed by atoms with Gasteiger partial charge in [0, 0.05) is 119 Å². The molecule has 16 aromatic heterocycles. The highest BCUT2D eigenvalue weighted by Crippen LogP contribution is 2.43. The van der Waals surface area contributed by atoms with Gasteiger partial charge in [-0.3, -0.25) is 62.7 Å². The Morgan fingerprint density at radius 2 is 0.830 bits per heavy atom. The number of carbonyl (C=O) groups excluding carboxylic acids is 4. The molecule has 10 N–H and O–H groups in total. The van der Waals surface area contributed by atoms with Crippen molar-refractivity contribution in [1.82, 2.24) is 119 Å². The summed E-state index contributed by atoms with van der Waals surface area (Å²) in [5.41, 5.74) is 6.53. The van der Waals surface area contributed by atoms with Gasteiger partial charge >= 0.3 is 7.82 Å². The van der Waals surface area contributed by atoms with E-state index in [1.54, 1.807) is 110 Å². The Balaban J connectivity index is 0.000000125. The Hall–Kier alpha value is -13.7. The van der Waals surface area contributed by atoms with Gasteiger partial charge in [-0.15, -0.1) is 45.3 Å². The van der Waals surface area contributed by atoms with Crippen molar-refractivity contribution in [3.8, 4) is 87.8 Å². The van der Waals surface area contributed by atoms with Gasteiger partial charge in [0.1, 0.15) is 77.0 Å². The predicted octanol–water partition coefficient (Wildman–Crippen LogP) is 15.1. The highest BCUT2D eigenvalue weighted by molar-refractivity contribution is 7.46. The summed E-state index contributed by atoms with van der Waals surface area (Å²) in [4.78, 5) is 103. The number of rotatable bonds is 29. The van der Waals surface area contributed by atoms with Crippen molar-refractivity contribution in [2.45, 2.75) is 140 Å². The lowest BCUT2D eigenvalue weighted by atomic mass is 9.89. The summed E-state index contributed by atoms with van der Waals surface area (Å²) in [6.45, 7) is 7.39. The molecule has 16 heterocycles. The van der Waals surface area contributed by atoms with Gasteiger partial charge in [-0.25, -0.2) is 52.9 Å². The maximum Gasteiger partial charge on any atom is 0.471 e. The SMILES string of the molecule is CCOC1CC(n2cc(NC(=O)c3csc(-c4cn[nH]c4)n3)c(-c3nc(F)ccc3F)n2)C1.CCOC1CC(n2cc(NC(=O)c3csc(-c4cnn(COP(=O)(O)O)c4)n3)c(-c3cccc(F)n3)n2)C1.CCOC1CCC(n2cc(NC(=O)c3csc(-c4cn[nH]c4)n3)c(-c3ncccc3F)n2)CC1.O=C(Nc1cn(C2CC(O)C2)nc1-c1cccc(F)n1)c1csc(-c2cn[nH]c2)n1. The zero-order chi connectivity index (χ0) is 94.0. The third kappa shape index (κ3) is 22.5. The van der Waals surface area contributed by atoms with Crippen LogP contribution >= 0.6 is 53.2 Å².